The number of carboxylic acid groups (broad SMARTS) is 1. The third-order valence-corrected chi connectivity index (χ3v) is 5.52. The molecule has 0 radical (unpaired) electrons. The zero-order valence-corrected chi connectivity index (χ0v) is 29.2. The number of rotatable bonds is 43. The zero-order valence-electron chi connectivity index (χ0n) is 29.2. The Kier molecular flexibility index (Phi) is 40.9. The molecule has 0 aromatic rings. The monoisotopic (exact) mass is 730 g/mol. The van der Waals surface area contributed by atoms with E-state index in [2.05, 4.69) is 20.1 Å². The minimum atomic E-state index is -1.13. The molecular weight excluding hydrogens is 672 g/mol. The van der Waals surface area contributed by atoms with E-state index < -0.39 is 18.5 Å². The van der Waals surface area contributed by atoms with E-state index in [4.69, 9.17) is 67.5 Å². The number of carboxylic acids is 1. The van der Waals surface area contributed by atoms with E-state index in [9.17, 15) is 9.59 Å². The van der Waals surface area contributed by atoms with Crippen LogP contribution in [0.2, 0.25) is 0 Å². The normalized spacial score (nSPS) is 11.1. The van der Waals surface area contributed by atoms with Crippen LogP contribution in [0, 0.1) is 0 Å². The standard InChI is InChI=1S/C30H58N4O16/c31-34-33-2-4-39-6-8-41-10-12-43-14-16-45-18-20-47-22-24-49-26-25-48-23-21-46-19-17-44-15-13-42-11-9-40-7-5-38-3-1-32-29(35)27-50-28-30(36)37/h1-28H2,(H,32,35)(H,36,37). The summed E-state index contributed by atoms with van der Waals surface area (Å²) in [5, 5.41) is 14.3. The van der Waals surface area contributed by atoms with Crippen molar-refractivity contribution in [3.05, 3.63) is 10.4 Å². The van der Waals surface area contributed by atoms with Crippen molar-refractivity contribution in [1.29, 1.82) is 0 Å². The summed E-state index contributed by atoms with van der Waals surface area (Å²) in [7, 11) is 0. The molecule has 0 atom stereocenters. The van der Waals surface area contributed by atoms with Gasteiger partial charge in [0.15, 0.2) is 0 Å². The van der Waals surface area contributed by atoms with Crippen LogP contribution in [0.4, 0.5) is 0 Å². The van der Waals surface area contributed by atoms with Gasteiger partial charge in [0.25, 0.3) is 0 Å². The molecule has 20 nitrogen and oxygen atoms in total. The quantitative estimate of drug-likeness (QED) is 0.0355. The van der Waals surface area contributed by atoms with Crippen LogP contribution in [0.3, 0.4) is 0 Å². The number of carbonyl (C=O) groups is 2. The maximum absolute atomic E-state index is 11.4. The average molecular weight is 731 g/mol. The number of ether oxygens (including phenoxy) is 13. The predicted molar refractivity (Wildman–Crippen MR) is 175 cm³/mol. The van der Waals surface area contributed by atoms with Gasteiger partial charge >= 0.3 is 5.97 Å². The van der Waals surface area contributed by atoms with Gasteiger partial charge < -0.3 is 72.0 Å². The zero-order chi connectivity index (χ0) is 36.3. The Morgan fingerprint density at radius 2 is 0.720 bits per heavy atom. The Morgan fingerprint density at radius 3 is 1.00 bits per heavy atom. The summed E-state index contributed by atoms with van der Waals surface area (Å²) in [6, 6.07) is 0. The number of carbonyl (C=O) groups excluding carboxylic acids is 1. The highest BCUT2D eigenvalue weighted by atomic mass is 16.6. The van der Waals surface area contributed by atoms with Gasteiger partial charge in [-0.1, -0.05) is 5.11 Å². The fourth-order valence-corrected chi connectivity index (χ4v) is 3.22. The van der Waals surface area contributed by atoms with E-state index in [1.165, 1.54) is 0 Å². The molecule has 0 aliphatic rings. The van der Waals surface area contributed by atoms with Crippen LogP contribution < -0.4 is 5.32 Å². The molecule has 2 N–H and O–H groups in total. The molecule has 0 spiro atoms. The second-order valence-electron chi connectivity index (χ2n) is 9.54. The lowest BCUT2D eigenvalue weighted by Crippen LogP contribution is -2.31. The van der Waals surface area contributed by atoms with Gasteiger partial charge in [0, 0.05) is 18.0 Å². The topological polar surface area (TPSA) is 235 Å². The molecule has 0 heterocycles. The Labute approximate surface area is 294 Å². The summed E-state index contributed by atoms with van der Waals surface area (Å²) in [5.41, 5.74) is 8.14. The summed E-state index contributed by atoms with van der Waals surface area (Å²) < 4.78 is 69.5. The number of hydrogen-bond acceptors (Lipinski definition) is 16. The first-order valence-corrected chi connectivity index (χ1v) is 16.7. The molecule has 0 saturated heterocycles. The van der Waals surface area contributed by atoms with Crippen LogP contribution in [0.1, 0.15) is 0 Å². The van der Waals surface area contributed by atoms with E-state index in [1.54, 1.807) is 0 Å². The van der Waals surface area contributed by atoms with Crippen LogP contribution in [-0.4, -0.2) is 202 Å². The minimum Gasteiger partial charge on any atom is -0.480 e. The third-order valence-electron chi connectivity index (χ3n) is 5.52. The highest BCUT2D eigenvalue weighted by Crippen LogP contribution is 1.88. The van der Waals surface area contributed by atoms with E-state index in [-0.39, 0.29) is 6.61 Å². The average Bonchev–Trinajstić information content (AvgIpc) is 3.10. The van der Waals surface area contributed by atoms with Gasteiger partial charge in [-0.3, -0.25) is 4.79 Å². The molecule has 0 aliphatic heterocycles. The molecule has 0 saturated carbocycles. The highest BCUT2D eigenvalue weighted by molar-refractivity contribution is 5.77. The van der Waals surface area contributed by atoms with Gasteiger partial charge in [0.1, 0.15) is 13.2 Å². The van der Waals surface area contributed by atoms with E-state index in [0.29, 0.717) is 172 Å². The third kappa shape index (κ3) is 43.8. The largest absolute Gasteiger partial charge is 0.480 e. The highest BCUT2D eigenvalue weighted by Gasteiger charge is 2.03. The SMILES string of the molecule is [N-]=[N+]=NCCOCCOCCOCCOCCOCCOCCOCCOCCOCCOCCOCCOCCNC(=O)COCC(=O)O. The number of amides is 1. The Morgan fingerprint density at radius 1 is 0.440 bits per heavy atom. The van der Waals surface area contributed by atoms with Gasteiger partial charge in [-0.15, -0.1) is 0 Å². The van der Waals surface area contributed by atoms with Crippen molar-refractivity contribution in [2.45, 2.75) is 0 Å². The molecule has 1 amide bonds. The lowest BCUT2D eigenvalue weighted by Gasteiger charge is -2.09. The summed E-state index contributed by atoms with van der Waals surface area (Å²) in [6.45, 7) is 10.6. The van der Waals surface area contributed by atoms with E-state index >= 15 is 0 Å². The number of azide groups is 1. The maximum atomic E-state index is 11.4. The van der Waals surface area contributed by atoms with Crippen LogP contribution >= 0.6 is 0 Å². The van der Waals surface area contributed by atoms with Gasteiger partial charge in [-0.05, 0) is 5.53 Å². The molecule has 0 aromatic heterocycles. The first-order chi connectivity index (χ1) is 24.7. The second-order valence-corrected chi connectivity index (χ2v) is 9.54. The van der Waals surface area contributed by atoms with Crippen molar-refractivity contribution in [2.75, 3.05) is 185 Å². The minimum absolute atomic E-state index is 0.296. The molecule has 0 rings (SSSR count). The van der Waals surface area contributed by atoms with Crippen molar-refractivity contribution < 1.29 is 76.3 Å². The Bertz CT molecular complexity index is 783. The molecule has 0 aromatic carbocycles. The van der Waals surface area contributed by atoms with Crippen molar-refractivity contribution >= 4 is 11.9 Å². The Hall–Kier alpha value is -2.27. The summed E-state index contributed by atoms with van der Waals surface area (Å²) >= 11 is 0. The van der Waals surface area contributed by atoms with Gasteiger partial charge in [-0.2, -0.15) is 0 Å². The fourth-order valence-electron chi connectivity index (χ4n) is 3.22. The van der Waals surface area contributed by atoms with E-state index in [1.807, 2.05) is 0 Å². The lowest BCUT2D eigenvalue weighted by molar-refractivity contribution is -0.143. The van der Waals surface area contributed by atoms with Gasteiger partial charge in [0.2, 0.25) is 5.91 Å². The fraction of sp³-hybridized carbons (Fsp3) is 0.933. The molecule has 20 heteroatoms. The Balaban J connectivity index is 3.09. The smallest absolute Gasteiger partial charge is 0.329 e. The molecule has 294 valence electrons. The van der Waals surface area contributed by atoms with Crippen molar-refractivity contribution in [3.8, 4) is 0 Å². The first kappa shape index (κ1) is 47.7. The maximum Gasteiger partial charge on any atom is 0.329 e. The van der Waals surface area contributed by atoms with Crippen LogP contribution in [0.5, 0.6) is 0 Å². The molecule has 0 fully saturated rings. The van der Waals surface area contributed by atoms with Gasteiger partial charge in [0.05, 0.1) is 159 Å². The summed E-state index contributed by atoms with van der Waals surface area (Å²) in [5.74, 6) is -1.53. The van der Waals surface area contributed by atoms with E-state index in [0.717, 1.165) is 0 Å². The van der Waals surface area contributed by atoms with Crippen molar-refractivity contribution in [1.82, 2.24) is 5.32 Å². The number of nitrogens with zero attached hydrogens (tertiary/aromatic N) is 3. The number of nitrogens with one attached hydrogen (secondary N) is 1. The van der Waals surface area contributed by atoms with Crippen LogP contribution in [0.15, 0.2) is 5.11 Å². The first-order valence-electron chi connectivity index (χ1n) is 16.7. The van der Waals surface area contributed by atoms with Crippen LogP contribution in [-0.2, 0) is 71.2 Å². The molecule has 50 heavy (non-hydrogen) atoms. The van der Waals surface area contributed by atoms with Gasteiger partial charge in [-0.25, -0.2) is 4.79 Å². The summed E-state index contributed by atoms with van der Waals surface area (Å²) in [6.07, 6.45) is 0. The number of aliphatic carboxylic acids is 1. The lowest BCUT2D eigenvalue weighted by atomic mass is 10.6. The molecule has 0 unspecified atom stereocenters. The van der Waals surface area contributed by atoms with Crippen molar-refractivity contribution in [2.24, 2.45) is 5.11 Å². The predicted octanol–water partition coefficient (Wildman–Crippen LogP) is -0.287. The second kappa shape index (κ2) is 42.9. The van der Waals surface area contributed by atoms with Crippen LogP contribution in [0.25, 0.3) is 10.4 Å². The molecule has 0 bridgehead atoms. The summed E-state index contributed by atoms with van der Waals surface area (Å²) in [4.78, 5) is 24.3. The number of hydrogen-bond donors (Lipinski definition) is 2. The van der Waals surface area contributed by atoms with Crippen molar-refractivity contribution in [3.63, 3.8) is 0 Å². The molecular formula is C30H58N4O16. The molecule has 0 aliphatic carbocycles.